The van der Waals surface area contributed by atoms with Crippen LogP contribution in [0.5, 0.6) is 0 Å². The van der Waals surface area contributed by atoms with E-state index in [0.29, 0.717) is 10.9 Å². The lowest BCUT2D eigenvalue weighted by Crippen LogP contribution is -2.14. The maximum Gasteiger partial charge on any atom is 0.137 e. The first-order valence-electron chi connectivity index (χ1n) is 6.24. The molecule has 0 saturated heterocycles. The molecule has 100 valence electrons. The van der Waals surface area contributed by atoms with Gasteiger partial charge in [-0.1, -0.05) is 30.3 Å². The molecule has 2 aromatic carbocycles. The molecule has 0 saturated carbocycles. The monoisotopic (exact) mass is 321 g/mol. The molecule has 1 nitrogen and oxygen atoms in total. The van der Waals surface area contributed by atoms with Gasteiger partial charge < -0.3 is 5.73 Å². The summed E-state index contributed by atoms with van der Waals surface area (Å²) in [5.74, 6) is -0.270. The zero-order valence-electron chi connectivity index (χ0n) is 11.1. The predicted molar refractivity (Wildman–Crippen MR) is 80.6 cm³/mol. The molecule has 2 N–H and O–H groups in total. The molecule has 0 bridgehead atoms. The molecule has 0 amide bonds. The van der Waals surface area contributed by atoms with E-state index in [0.717, 1.165) is 5.56 Å². The van der Waals surface area contributed by atoms with E-state index in [1.165, 1.54) is 22.8 Å². The van der Waals surface area contributed by atoms with Crippen molar-refractivity contribution in [2.45, 2.75) is 26.3 Å². The Hall–Kier alpha value is -1.19. The van der Waals surface area contributed by atoms with Gasteiger partial charge in [-0.25, -0.2) is 4.39 Å². The summed E-state index contributed by atoms with van der Waals surface area (Å²) in [6, 6.07) is 11.1. The summed E-state index contributed by atoms with van der Waals surface area (Å²) in [7, 11) is 0. The average molecular weight is 322 g/mol. The Balaban J connectivity index is 2.23. The second-order valence-electron chi connectivity index (χ2n) is 4.87. The number of halogens is 2. The zero-order chi connectivity index (χ0) is 14.0. The number of hydrogen-bond donors (Lipinski definition) is 1. The summed E-state index contributed by atoms with van der Waals surface area (Å²) in [5.41, 5.74) is 10.7. The van der Waals surface area contributed by atoms with Crippen LogP contribution in [0.25, 0.3) is 0 Å². The molecule has 0 spiro atoms. The number of benzene rings is 2. The summed E-state index contributed by atoms with van der Waals surface area (Å²) >= 11 is 3.27. The quantitative estimate of drug-likeness (QED) is 0.888. The summed E-state index contributed by atoms with van der Waals surface area (Å²) in [5, 5.41) is 0. The third-order valence-corrected chi connectivity index (χ3v) is 4.24. The molecular formula is C16H17BrFN. The summed E-state index contributed by atoms with van der Waals surface area (Å²) in [6.07, 6.45) is 0.698. The van der Waals surface area contributed by atoms with Gasteiger partial charge in [0.25, 0.3) is 0 Å². The highest BCUT2D eigenvalue weighted by Crippen LogP contribution is 2.27. The van der Waals surface area contributed by atoms with Gasteiger partial charge in [0.1, 0.15) is 5.82 Å². The van der Waals surface area contributed by atoms with E-state index in [2.05, 4.69) is 48.0 Å². The standard InChI is InChI=1S/C16H17BrFN/c1-10-6-7-12(8-11(10)2)9-15(19)13-4-3-5-14(18)16(13)17/h3-8,15H,9,19H2,1-2H3. The summed E-state index contributed by atoms with van der Waals surface area (Å²) in [6.45, 7) is 4.17. The van der Waals surface area contributed by atoms with Crippen LogP contribution in [0, 0.1) is 19.7 Å². The Morgan fingerprint density at radius 2 is 1.89 bits per heavy atom. The first kappa shape index (κ1) is 14.2. The summed E-state index contributed by atoms with van der Waals surface area (Å²) in [4.78, 5) is 0. The largest absolute Gasteiger partial charge is 0.324 e. The number of nitrogens with two attached hydrogens (primary N) is 1. The maximum absolute atomic E-state index is 13.5. The SMILES string of the molecule is Cc1ccc(CC(N)c2cccc(F)c2Br)cc1C. The van der Waals surface area contributed by atoms with Crippen LogP contribution in [0.1, 0.15) is 28.3 Å². The van der Waals surface area contributed by atoms with Gasteiger partial charge in [0, 0.05) is 6.04 Å². The Morgan fingerprint density at radius 3 is 2.58 bits per heavy atom. The van der Waals surface area contributed by atoms with Crippen LogP contribution >= 0.6 is 15.9 Å². The molecule has 19 heavy (non-hydrogen) atoms. The fraction of sp³-hybridized carbons (Fsp3) is 0.250. The molecule has 1 unspecified atom stereocenters. The van der Waals surface area contributed by atoms with Crippen LogP contribution in [0.15, 0.2) is 40.9 Å². The molecule has 1 atom stereocenters. The minimum atomic E-state index is -0.270. The van der Waals surface area contributed by atoms with Crippen molar-refractivity contribution in [2.24, 2.45) is 5.73 Å². The van der Waals surface area contributed by atoms with E-state index in [1.807, 2.05) is 6.07 Å². The normalized spacial score (nSPS) is 12.5. The minimum Gasteiger partial charge on any atom is -0.324 e. The lowest BCUT2D eigenvalue weighted by atomic mass is 9.97. The zero-order valence-corrected chi connectivity index (χ0v) is 12.7. The van der Waals surface area contributed by atoms with Crippen molar-refractivity contribution >= 4 is 15.9 Å². The first-order chi connectivity index (χ1) is 8.99. The highest BCUT2D eigenvalue weighted by molar-refractivity contribution is 9.10. The van der Waals surface area contributed by atoms with E-state index < -0.39 is 0 Å². The van der Waals surface area contributed by atoms with Crippen LogP contribution in [0.4, 0.5) is 4.39 Å². The van der Waals surface area contributed by atoms with E-state index in [1.54, 1.807) is 6.07 Å². The van der Waals surface area contributed by atoms with Gasteiger partial charge in [-0.2, -0.15) is 0 Å². The van der Waals surface area contributed by atoms with Gasteiger partial charge in [-0.3, -0.25) is 0 Å². The van der Waals surface area contributed by atoms with Crippen LogP contribution in [0.2, 0.25) is 0 Å². The van der Waals surface area contributed by atoms with Gasteiger partial charge in [0.05, 0.1) is 4.47 Å². The second kappa shape index (κ2) is 5.85. The van der Waals surface area contributed by atoms with Gasteiger partial charge in [-0.15, -0.1) is 0 Å². The average Bonchev–Trinajstić information content (AvgIpc) is 2.37. The smallest absolute Gasteiger partial charge is 0.137 e. The van der Waals surface area contributed by atoms with E-state index in [9.17, 15) is 4.39 Å². The molecule has 0 aliphatic heterocycles. The van der Waals surface area contributed by atoms with Crippen LogP contribution in [0.3, 0.4) is 0 Å². The number of aryl methyl sites for hydroxylation is 2. The van der Waals surface area contributed by atoms with Crippen molar-refractivity contribution in [1.29, 1.82) is 0 Å². The molecule has 0 fully saturated rings. The Labute approximate surface area is 121 Å². The molecule has 0 aliphatic rings. The lowest BCUT2D eigenvalue weighted by Gasteiger charge is -2.15. The van der Waals surface area contributed by atoms with Gasteiger partial charge in [0.2, 0.25) is 0 Å². The highest BCUT2D eigenvalue weighted by Gasteiger charge is 2.13. The van der Waals surface area contributed by atoms with Crippen molar-refractivity contribution in [3.8, 4) is 0 Å². The van der Waals surface area contributed by atoms with Crippen LogP contribution < -0.4 is 5.73 Å². The topological polar surface area (TPSA) is 26.0 Å². The maximum atomic E-state index is 13.5. The third kappa shape index (κ3) is 3.23. The number of hydrogen-bond acceptors (Lipinski definition) is 1. The molecule has 0 heterocycles. The van der Waals surface area contributed by atoms with Crippen molar-refractivity contribution in [1.82, 2.24) is 0 Å². The Bertz CT molecular complexity index is 595. The van der Waals surface area contributed by atoms with Gasteiger partial charge in [0.15, 0.2) is 0 Å². The fourth-order valence-corrected chi connectivity index (χ4v) is 2.66. The molecule has 0 aliphatic carbocycles. The van der Waals surface area contributed by atoms with E-state index >= 15 is 0 Å². The molecule has 0 aromatic heterocycles. The van der Waals surface area contributed by atoms with Crippen molar-refractivity contribution in [3.63, 3.8) is 0 Å². The van der Waals surface area contributed by atoms with Gasteiger partial charge >= 0.3 is 0 Å². The minimum absolute atomic E-state index is 0.216. The predicted octanol–water partition coefficient (Wildman–Crippen LogP) is 4.45. The van der Waals surface area contributed by atoms with Crippen molar-refractivity contribution in [3.05, 3.63) is 68.9 Å². The highest BCUT2D eigenvalue weighted by atomic mass is 79.9. The molecule has 3 heteroatoms. The fourth-order valence-electron chi connectivity index (χ4n) is 2.10. The third-order valence-electron chi connectivity index (χ3n) is 3.41. The van der Waals surface area contributed by atoms with E-state index in [-0.39, 0.29) is 11.9 Å². The molecular weight excluding hydrogens is 305 g/mol. The first-order valence-corrected chi connectivity index (χ1v) is 7.04. The number of rotatable bonds is 3. The van der Waals surface area contributed by atoms with E-state index in [4.69, 9.17) is 5.73 Å². The van der Waals surface area contributed by atoms with Crippen LogP contribution in [-0.4, -0.2) is 0 Å². The van der Waals surface area contributed by atoms with Gasteiger partial charge in [-0.05, 0) is 64.5 Å². The second-order valence-corrected chi connectivity index (χ2v) is 5.67. The van der Waals surface area contributed by atoms with Crippen molar-refractivity contribution in [2.75, 3.05) is 0 Å². The van der Waals surface area contributed by atoms with Crippen molar-refractivity contribution < 1.29 is 4.39 Å². The Morgan fingerprint density at radius 1 is 1.16 bits per heavy atom. The molecule has 0 radical (unpaired) electrons. The lowest BCUT2D eigenvalue weighted by molar-refractivity contribution is 0.610. The Kier molecular flexibility index (Phi) is 4.38. The molecule has 2 aromatic rings. The summed E-state index contributed by atoms with van der Waals surface area (Å²) < 4.78 is 14.0. The van der Waals surface area contributed by atoms with Crippen LogP contribution in [-0.2, 0) is 6.42 Å². The molecule has 2 rings (SSSR count).